The lowest BCUT2D eigenvalue weighted by molar-refractivity contribution is 0.483. The van der Waals surface area contributed by atoms with Crippen molar-refractivity contribution in [3.05, 3.63) is 192 Å². The van der Waals surface area contributed by atoms with Gasteiger partial charge in [-0.2, -0.15) is 0 Å². The molecule has 0 amide bonds. The Morgan fingerprint density at radius 3 is 1.71 bits per heavy atom. The normalized spacial score (nSPS) is 13.1. The second-order valence-corrected chi connectivity index (χ2v) is 22.4. The van der Waals surface area contributed by atoms with Crippen LogP contribution >= 0.6 is 0 Å². The molecule has 0 saturated heterocycles. The molecule has 9 aromatic rings. The molecular formula is C65H68N4O. The standard InChI is InChI=1S/C65H68N4O/c1-41(2)45-34-56(42(3)4)63(57(35-45)43(5)6)47-32-51(68-40-67(59-24-18-19-25-60(59)68)50-31-46(44-20-14-13-15-21-44)30-49(36-50)65(10,11)12)38-53(33-47)70-52-26-27-55-54-22-16-17-23-58(54)69(61(55)39-52)62-37-48(28-29-66-62)64(7,8)9/h13-39,41-43H,40H2,1-12H3. The van der Waals surface area contributed by atoms with E-state index in [1.54, 1.807) is 0 Å². The maximum absolute atomic E-state index is 7.22. The van der Waals surface area contributed by atoms with Gasteiger partial charge in [-0.1, -0.05) is 162 Å². The van der Waals surface area contributed by atoms with Gasteiger partial charge in [0.15, 0.2) is 0 Å². The molecule has 0 spiro atoms. The van der Waals surface area contributed by atoms with Gasteiger partial charge in [-0.05, 0) is 145 Å². The predicted octanol–water partition coefficient (Wildman–Crippen LogP) is 18.5. The number of nitrogens with zero attached hydrogens (tertiary/aromatic N) is 4. The quantitative estimate of drug-likeness (QED) is 0.137. The molecule has 5 heteroatoms. The van der Waals surface area contributed by atoms with Crippen molar-refractivity contribution >= 4 is 44.6 Å². The number of fused-ring (bicyclic) bond motifs is 4. The molecule has 10 rings (SSSR count). The SMILES string of the molecule is CC(C)c1cc(C(C)C)c(-c2cc(Oc3ccc4c5ccccc5n(-c5cc(C(C)(C)C)ccn5)c4c3)cc(N3CN(c4cc(-c5ccccc5)cc(C(C)(C)C)c4)c4ccccc43)c2)c(C(C)C)c1. The summed E-state index contributed by atoms with van der Waals surface area (Å²) in [4.78, 5) is 9.92. The molecule has 0 bridgehead atoms. The smallest absolute Gasteiger partial charge is 0.137 e. The maximum atomic E-state index is 7.22. The molecule has 0 radical (unpaired) electrons. The van der Waals surface area contributed by atoms with Gasteiger partial charge in [0.25, 0.3) is 0 Å². The molecule has 354 valence electrons. The third-order valence-electron chi connectivity index (χ3n) is 14.3. The van der Waals surface area contributed by atoms with Crippen LogP contribution in [0.2, 0.25) is 0 Å². The molecule has 3 heterocycles. The number of benzene rings is 7. The van der Waals surface area contributed by atoms with Crippen LogP contribution in [-0.4, -0.2) is 16.2 Å². The predicted molar refractivity (Wildman–Crippen MR) is 298 cm³/mol. The molecule has 1 aliphatic heterocycles. The van der Waals surface area contributed by atoms with Crippen molar-refractivity contribution < 1.29 is 4.74 Å². The first kappa shape index (κ1) is 46.6. The number of pyridine rings is 1. The van der Waals surface area contributed by atoms with Gasteiger partial charge in [-0.25, -0.2) is 4.98 Å². The number of anilines is 4. The van der Waals surface area contributed by atoms with Gasteiger partial charge in [-0.3, -0.25) is 4.57 Å². The molecule has 5 nitrogen and oxygen atoms in total. The van der Waals surface area contributed by atoms with E-state index in [-0.39, 0.29) is 10.8 Å². The minimum Gasteiger partial charge on any atom is -0.457 e. The molecule has 0 atom stereocenters. The molecule has 70 heavy (non-hydrogen) atoms. The Morgan fingerprint density at radius 2 is 1.07 bits per heavy atom. The summed E-state index contributed by atoms with van der Waals surface area (Å²) in [5, 5.41) is 2.35. The topological polar surface area (TPSA) is 33.5 Å². The zero-order valence-corrected chi connectivity index (χ0v) is 43.2. The van der Waals surface area contributed by atoms with E-state index in [0.717, 1.165) is 50.7 Å². The van der Waals surface area contributed by atoms with Crippen LogP contribution in [0.25, 0.3) is 49.9 Å². The van der Waals surface area contributed by atoms with E-state index in [1.165, 1.54) is 61.3 Å². The molecule has 0 N–H and O–H groups in total. The molecule has 1 aliphatic rings. The first-order valence-electron chi connectivity index (χ1n) is 25.3. The molecule has 0 fully saturated rings. The van der Waals surface area contributed by atoms with Crippen molar-refractivity contribution in [1.29, 1.82) is 0 Å². The number of hydrogen-bond donors (Lipinski definition) is 0. The summed E-state index contributed by atoms with van der Waals surface area (Å²) >= 11 is 0. The molecule has 0 saturated carbocycles. The van der Waals surface area contributed by atoms with Crippen molar-refractivity contribution in [2.45, 2.75) is 112 Å². The van der Waals surface area contributed by atoms with Gasteiger partial charge in [0.2, 0.25) is 0 Å². The highest BCUT2D eigenvalue weighted by atomic mass is 16.5. The van der Waals surface area contributed by atoms with Crippen LogP contribution in [0, 0.1) is 0 Å². The molecule has 7 aromatic carbocycles. The van der Waals surface area contributed by atoms with E-state index in [2.05, 4.69) is 255 Å². The van der Waals surface area contributed by atoms with Crippen molar-refractivity contribution in [3.8, 4) is 39.6 Å². The third-order valence-corrected chi connectivity index (χ3v) is 14.3. The fourth-order valence-electron chi connectivity index (χ4n) is 10.3. The summed E-state index contributed by atoms with van der Waals surface area (Å²) in [6.07, 6.45) is 1.94. The van der Waals surface area contributed by atoms with Crippen molar-refractivity contribution in [2.24, 2.45) is 0 Å². The van der Waals surface area contributed by atoms with Crippen LogP contribution in [0.15, 0.2) is 164 Å². The number of ether oxygens (including phenoxy) is 1. The molecule has 0 unspecified atom stereocenters. The number of hydrogen-bond acceptors (Lipinski definition) is 4. The average molecular weight is 921 g/mol. The Hall–Kier alpha value is -7.11. The van der Waals surface area contributed by atoms with Crippen LogP contribution < -0.4 is 14.5 Å². The zero-order valence-electron chi connectivity index (χ0n) is 43.2. The highest BCUT2D eigenvalue weighted by Crippen LogP contribution is 2.49. The average Bonchev–Trinajstić information content (AvgIpc) is 3.89. The fraction of sp³-hybridized carbons (Fsp3) is 0.277. The molecular weight excluding hydrogens is 853 g/mol. The lowest BCUT2D eigenvalue weighted by Gasteiger charge is -2.27. The van der Waals surface area contributed by atoms with Crippen LogP contribution in [0.1, 0.15) is 129 Å². The summed E-state index contributed by atoms with van der Waals surface area (Å²) in [5.74, 6) is 3.49. The fourth-order valence-corrected chi connectivity index (χ4v) is 10.3. The Labute approximate surface area is 416 Å². The Morgan fingerprint density at radius 1 is 0.471 bits per heavy atom. The van der Waals surface area contributed by atoms with E-state index in [1.807, 2.05) is 6.20 Å². The molecule has 0 aliphatic carbocycles. The summed E-state index contributed by atoms with van der Waals surface area (Å²) in [5.41, 5.74) is 18.2. The van der Waals surface area contributed by atoms with Gasteiger partial charge < -0.3 is 14.5 Å². The summed E-state index contributed by atoms with van der Waals surface area (Å²) in [6, 6.07) is 58.1. The second-order valence-electron chi connectivity index (χ2n) is 22.4. The first-order valence-corrected chi connectivity index (χ1v) is 25.3. The summed E-state index contributed by atoms with van der Waals surface area (Å²) in [7, 11) is 0. The van der Waals surface area contributed by atoms with E-state index < -0.39 is 0 Å². The maximum Gasteiger partial charge on any atom is 0.137 e. The van der Waals surface area contributed by atoms with E-state index in [4.69, 9.17) is 9.72 Å². The monoisotopic (exact) mass is 921 g/mol. The highest BCUT2D eigenvalue weighted by Gasteiger charge is 2.31. The van der Waals surface area contributed by atoms with Gasteiger partial charge in [0, 0.05) is 40.5 Å². The van der Waals surface area contributed by atoms with Crippen LogP contribution in [0.3, 0.4) is 0 Å². The Balaban J connectivity index is 1.15. The van der Waals surface area contributed by atoms with Crippen LogP contribution in [0.4, 0.5) is 22.7 Å². The first-order chi connectivity index (χ1) is 33.4. The van der Waals surface area contributed by atoms with Crippen molar-refractivity contribution in [2.75, 3.05) is 16.5 Å². The Kier molecular flexibility index (Phi) is 12.0. The van der Waals surface area contributed by atoms with Gasteiger partial charge in [0.1, 0.15) is 24.0 Å². The summed E-state index contributed by atoms with van der Waals surface area (Å²) in [6.45, 7) is 28.3. The highest BCUT2D eigenvalue weighted by molar-refractivity contribution is 6.09. The van der Waals surface area contributed by atoms with E-state index >= 15 is 0 Å². The second kappa shape index (κ2) is 18.0. The number of aromatic nitrogens is 2. The van der Waals surface area contributed by atoms with Gasteiger partial charge >= 0.3 is 0 Å². The van der Waals surface area contributed by atoms with Crippen molar-refractivity contribution in [1.82, 2.24) is 9.55 Å². The van der Waals surface area contributed by atoms with Crippen LogP contribution in [-0.2, 0) is 10.8 Å². The molecule has 2 aromatic heterocycles. The van der Waals surface area contributed by atoms with Gasteiger partial charge in [0.05, 0.1) is 22.4 Å². The van der Waals surface area contributed by atoms with Crippen molar-refractivity contribution in [3.63, 3.8) is 0 Å². The minimum absolute atomic E-state index is 0.0259. The van der Waals surface area contributed by atoms with Crippen LogP contribution in [0.5, 0.6) is 11.5 Å². The lowest BCUT2D eigenvalue weighted by atomic mass is 9.81. The third kappa shape index (κ3) is 8.76. The largest absolute Gasteiger partial charge is 0.457 e. The zero-order chi connectivity index (χ0) is 49.2. The van der Waals surface area contributed by atoms with E-state index in [0.29, 0.717) is 24.4 Å². The lowest BCUT2D eigenvalue weighted by Crippen LogP contribution is -2.24. The minimum atomic E-state index is -0.0449. The number of para-hydroxylation sites is 3. The van der Waals surface area contributed by atoms with Gasteiger partial charge in [-0.15, -0.1) is 0 Å². The summed E-state index contributed by atoms with van der Waals surface area (Å²) < 4.78 is 9.51. The number of rotatable bonds is 10. The van der Waals surface area contributed by atoms with E-state index in [9.17, 15) is 0 Å². The Bertz CT molecular complexity index is 3370.